The highest BCUT2D eigenvalue weighted by molar-refractivity contribution is 7.92. The van der Waals surface area contributed by atoms with Crippen LogP contribution >= 0.6 is 0 Å². The number of benzene rings is 4. The Kier molecular flexibility index (Phi) is 8.63. The third-order valence-electron chi connectivity index (χ3n) is 6.62. The minimum absolute atomic E-state index is 0.000266. The Labute approximate surface area is 242 Å². The molecule has 2 amide bonds. The number of carbonyl (C=O) groups is 2. The van der Waals surface area contributed by atoms with Crippen molar-refractivity contribution in [2.45, 2.75) is 39.7 Å². The van der Waals surface area contributed by atoms with Gasteiger partial charge in [0.1, 0.15) is 0 Å². The molecule has 0 saturated heterocycles. The lowest BCUT2D eigenvalue weighted by Gasteiger charge is -2.23. The fourth-order valence-corrected chi connectivity index (χ4v) is 5.19. The highest BCUT2D eigenvalue weighted by Gasteiger charge is 2.19. The molecule has 8 heteroatoms. The summed E-state index contributed by atoms with van der Waals surface area (Å²) in [6, 6.07) is 28.6. The monoisotopic (exact) mass is 569 g/mol. The number of amides is 2. The van der Waals surface area contributed by atoms with Crippen LogP contribution in [-0.4, -0.2) is 26.5 Å². The molecular weight excluding hydrogens is 534 g/mol. The molecule has 4 aromatic carbocycles. The summed E-state index contributed by atoms with van der Waals surface area (Å²) >= 11 is 0. The standard InChI is InChI=1S/C33H35N3O4S/c1-23-8-6-11-30(20-23)36(41(5,39)40)22-24-12-14-25(15-13-24)31(37)34-28-9-7-10-29(21-28)35-32(38)26-16-18-27(19-17-26)33(2,3)4/h6-21H,22H2,1-5H3,(H,34,37)(H,35,38). The van der Waals surface area contributed by atoms with Crippen LogP contribution in [0.5, 0.6) is 0 Å². The molecule has 0 saturated carbocycles. The van der Waals surface area contributed by atoms with Crippen LogP contribution in [0.15, 0.2) is 97.1 Å². The average molecular weight is 570 g/mol. The molecule has 4 rings (SSSR count). The number of sulfonamides is 1. The van der Waals surface area contributed by atoms with Crippen molar-refractivity contribution in [3.63, 3.8) is 0 Å². The molecule has 212 valence electrons. The van der Waals surface area contributed by atoms with Crippen molar-refractivity contribution in [2.75, 3.05) is 21.2 Å². The van der Waals surface area contributed by atoms with Crippen LogP contribution in [-0.2, 0) is 22.0 Å². The van der Waals surface area contributed by atoms with Crippen LogP contribution in [0.3, 0.4) is 0 Å². The van der Waals surface area contributed by atoms with Crippen molar-refractivity contribution >= 4 is 38.9 Å². The Hall–Kier alpha value is -4.43. The molecule has 0 radical (unpaired) electrons. The molecule has 0 fully saturated rings. The van der Waals surface area contributed by atoms with Gasteiger partial charge in [0.05, 0.1) is 18.5 Å². The van der Waals surface area contributed by atoms with Crippen LogP contribution in [0.2, 0.25) is 0 Å². The molecule has 0 unspecified atom stereocenters. The summed E-state index contributed by atoms with van der Waals surface area (Å²) < 4.78 is 26.3. The topological polar surface area (TPSA) is 95.6 Å². The van der Waals surface area contributed by atoms with Crippen molar-refractivity contribution < 1.29 is 18.0 Å². The number of hydrogen-bond donors (Lipinski definition) is 2. The second-order valence-electron chi connectivity index (χ2n) is 11.1. The predicted molar refractivity (Wildman–Crippen MR) is 166 cm³/mol. The van der Waals surface area contributed by atoms with E-state index in [-0.39, 0.29) is 23.8 Å². The van der Waals surface area contributed by atoms with Gasteiger partial charge in [0.25, 0.3) is 11.8 Å². The van der Waals surface area contributed by atoms with Gasteiger partial charge < -0.3 is 10.6 Å². The maximum absolute atomic E-state index is 12.9. The van der Waals surface area contributed by atoms with Crippen LogP contribution < -0.4 is 14.9 Å². The van der Waals surface area contributed by atoms with Crippen molar-refractivity contribution in [1.29, 1.82) is 0 Å². The number of aryl methyl sites for hydroxylation is 1. The molecule has 0 aliphatic rings. The largest absolute Gasteiger partial charge is 0.322 e. The molecule has 41 heavy (non-hydrogen) atoms. The van der Waals surface area contributed by atoms with Gasteiger partial charge >= 0.3 is 0 Å². The molecule has 7 nitrogen and oxygen atoms in total. The van der Waals surface area contributed by atoms with Gasteiger partial charge in [0.15, 0.2) is 0 Å². The number of rotatable bonds is 8. The summed E-state index contributed by atoms with van der Waals surface area (Å²) in [5, 5.41) is 5.74. The smallest absolute Gasteiger partial charge is 0.255 e. The molecule has 0 aliphatic carbocycles. The molecule has 0 spiro atoms. The maximum Gasteiger partial charge on any atom is 0.255 e. The van der Waals surface area contributed by atoms with E-state index in [0.29, 0.717) is 28.2 Å². The first kappa shape index (κ1) is 29.6. The minimum atomic E-state index is -3.51. The Morgan fingerprint density at radius 3 is 1.73 bits per heavy atom. The van der Waals surface area contributed by atoms with E-state index >= 15 is 0 Å². The highest BCUT2D eigenvalue weighted by Crippen LogP contribution is 2.24. The van der Waals surface area contributed by atoms with Crippen LogP contribution in [0.1, 0.15) is 58.2 Å². The zero-order valence-corrected chi connectivity index (χ0v) is 24.7. The first-order valence-electron chi connectivity index (χ1n) is 13.3. The van der Waals surface area contributed by atoms with Gasteiger partial charge in [0, 0.05) is 22.5 Å². The molecule has 0 aromatic heterocycles. The summed E-state index contributed by atoms with van der Waals surface area (Å²) in [7, 11) is -3.51. The predicted octanol–water partition coefficient (Wildman–Crippen LogP) is 6.76. The van der Waals surface area contributed by atoms with E-state index in [4.69, 9.17) is 0 Å². The highest BCUT2D eigenvalue weighted by atomic mass is 32.2. The van der Waals surface area contributed by atoms with Crippen molar-refractivity contribution in [3.8, 4) is 0 Å². The van der Waals surface area contributed by atoms with E-state index in [2.05, 4.69) is 31.4 Å². The van der Waals surface area contributed by atoms with E-state index in [1.807, 2.05) is 37.3 Å². The number of nitrogens with zero attached hydrogens (tertiary/aromatic N) is 1. The average Bonchev–Trinajstić information content (AvgIpc) is 2.91. The van der Waals surface area contributed by atoms with E-state index in [1.54, 1.807) is 66.7 Å². The Morgan fingerprint density at radius 1 is 0.732 bits per heavy atom. The lowest BCUT2D eigenvalue weighted by molar-refractivity contribution is 0.101. The second kappa shape index (κ2) is 12.0. The van der Waals surface area contributed by atoms with Gasteiger partial charge in [-0.1, -0.05) is 63.2 Å². The molecular formula is C33H35N3O4S. The number of nitrogens with one attached hydrogen (secondary N) is 2. The molecule has 0 aliphatic heterocycles. The maximum atomic E-state index is 12.9. The molecule has 4 aromatic rings. The van der Waals surface area contributed by atoms with Gasteiger partial charge in [-0.15, -0.1) is 0 Å². The van der Waals surface area contributed by atoms with Crippen LogP contribution in [0.25, 0.3) is 0 Å². The first-order chi connectivity index (χ1) is 19.3. The SMILES string of the molecule is Cc1cccc(N(Cc2ccc(C(=O)Nc3cccc(NC(=O)c4ccc(C(C)(C)C)cc4)c3)cc2)S(C)(=O)=O)c1. The lowest BCUT2D eigenvalue weighted by Crippen LogP contribution is -2.29. The van der Waals surface area contributed by atoms with E-state index in [0.717, 1.165) is 16.7 Å². The zero-order valence-electron chi connectivity index (χ0n) is 23.9. The second-order valence-corrected chi connectivity index (χ2v) is 13.0. The first-order valence-corrected chi connectivity index (χ1v) is 15.1. The molecule has 0 bridgehead atoms. The molecule has 0 atom stereocenters. The van der Waals surface area contributed by atoms with Crippen molar-refractivity contribution in [1.82, 2.24) is 0 Å². The van der Waals surface area contributed by atoms with E-state index < -0.39 is 10.0 Å². The summed E-state index contributed by atoms with van der Waals surface area (Å²) in [5.74, 6) is -0.560. The van der Waals surface area contributed by atoms with Gasteiger partial charge in [-0.05, 0) is 83.6 Å². The molecule has 2 N–H and O–H groups in total. The quantitative estimate of drug-likeness (QED) is 0.245. The van der Waals surface area contributed by atoms with Gasteiger partial charge in [0.2, 0.25) is 10.0 Å². The lowest BCUT2D eigenvalue weighted by atomic mass is 9.87. The van der Waals surface area contributed by atoms with Gasteiger partial charge in [-0.2, -0.15) is 0 Å². The third kappa shape index (κ3) is 7.83. The number of hydrogen-bond acceptors (Lipinski definition) is 4. The van der Waals surface area contributed by atoms with E-state index in [1.165, 1.54) is 10.6 Å². The van der Waals surface area contributed by atoms with E-state index in [9.17, 15) is 18.0 Å². The fourth-order valence-electron chi connectivity index (χ4n) is 4.31. The Morgan fingerprint density at radius 2 is 1.24 bits per heavy atom. The zero-order chi connectivity index (χ0) is 29.8. The Balaban J connectivity index is 1.41. The van der Waals surface area contributed by atoms with Crippen molar-refractivity contribution in [2.24, 2.45) is 0 Å². The third-order valence-corrected chi connectivity index (χ3v) is 7.76. The molecule has 0 heterocycles. The summed E-state index contributed by atoms with van der Waals surface area (Å²) in [6.07, 6.45) is 1.18. The number of carbonyl (C=O) groups excluding carboxylic acids is 2. The fraction of sp³-hybridized carbons (Fsp3) is 0.212. The van der Waals surface area contributed by atoms with Crippen LogP contribution in [0, 0.1) is 6.92 Å². The Bertz CT molecular complexity index is 1660. The minimum Gasteiger partial charge on any atom is -0.322 e. The summed E-state index contributed by atoms with van der Waals surface area (Å²) in [4.78, 5) is 25.7. The number of anilines is 3. The normalized spacial score (nSPS) is 11.5. The van der Waals surface area contributed by atoms with Crippen LogP contribution in [0.4, 0.5) is 17.1 Å². The summed E-state index contributed by atoms with van der Waals surface area (Å²) in [6.45, 7) is 8.41. The summed E-state index contributed by atoms with van der Waals surface area (Å²) in [5.41, 5.74) is 5.49. The van der Waals surface area contributed by atoms with Gasteiger partial charge in [-0.3, -0.25) is 13.9 Å². The van der Waals surface area contributed by atoms with Gasteiger partial charge in [-0.25, -0.2) is 8.42 Å². The van der Waals surface area contributed by atoms with Crippen molar-refractivity contribution in [3.05, 3.63) is 125 Å².